The van der Waals surface area contributed by atoms with Gasteiger partial charge in [-0.1, -0.05) is 29.4 Å². The third-order valence-electron chi connectivity index (χ3n) is 7.55. The number of nitrogens with one attached hydrogen (secondary N) is 1. The van der Waals surface area contributed by atoms with E-state index in [0.29, 0.717) is 38.6 Å². The summed E-state index contributed by atoms with van der Waals surface area (Å²) in [4.78, 5) is 31.3. The molecular formula is C27H30F3N5O4S. The first-order valence-corrected chi connectivity index (χ1v) is 14.8. The van der Waals surface area contributed by atoms with E-state index in [1.807, 2.05) is 0 Å². The van der Waals surface area contributed by atoms with E-state index in [0.717, 1.165) is 18.2 Å². The number of halogens is 3. The summed E-state index contributed by atoms with van der Waals surface area (Å²) in [5.41, 5.74) is 7.78. The predicted octanol–water partition coefficient (Wildman–Crippen LogP) is 5.14. The van der Waals surface area contributed by atoms with Gasteiger partial charge in [0.25, 0.3) is 5.91 Å². The molecular weight excluding hydrogens is 547 g/mol. The van der Waals surface area contributed by atoms with Crippen LogP contribution in [0.15, 0.2) is 64.6 Å². The lowest BCUT2D eigenvalue weighted by Gasteiger charge is -2.42. The molecule has 4 atom stereocenters. The molecule has 1 saturated carbocycles. The van der Waals surface area contributed by atoms with E-state index in [1.54, 1.807) is 23.1 Å². The number of hydrogen-bond donors (Lipinski definition) is 1. The van der Waals surface area contributed by atoms with E-state index in [-0.39, 0.29) is 22.6 Å². The average Bonchev–Trinajstić information content (AvgIpc) is 3.10. The third-order valence-corrected chi connectivity index (χ3v) is 9.40. The maximum Gasteiger partial charge on any atom is 0.416 e. The molecule has 214 valence electrons. The fourth-order valence-corrected chi connectivity index (χ4v) is 7.29. The van der Waals surface area contributed by atoms with E-state index in [1.165, 1.54) is 18.2 Å². The molecule has 1 unspecified atom stereocenters. The second-order valence-electron chi connectivity index (χ2n) is 10.2. The van der Waals surface area contributed by atoms with Crippen LogP contribution in [0.3, 0.4) is 0 Å². The van der Waals surface area contributed by atoms with Crippen LogP contribution in [0.1, 0.15) is 54.4 Å². The minimum absolute atomic E-state index is 0.160. The highest BCUT2D eigenvalue weighted by molar-refractivity contribution is 7.91. The lowest BCUT2D eigenvalue weighted by molar-refractivity contribution is -0.138. The zero-order valence-corrected chi connectivity index (χ0v) is 22.4. The van der Waals surface area contributed by atoms with Crippen LogP contribution in [0.2, 0.25) is 0 Å². The maximum atomic E-state index is 13.7. The zero-order valence-electron chi connectivity index (χ0n) is 21.6. The monoisotopic (exact) mass is 577 g/mol. The number of sulfone groups is 1. The summed E-state index contributed by atoms with van der Waals surface area (Å²) >= 11 is 0. The molecule has 2 aromatic carbocycles. The minimum Gasteiger partial charge on any atom is -0.340 e. The van der Waals surface area contributed by atoms with Gasteiger partial charge in [0.15, 0.2) is 9.84 Å². The molecule has 40 heavy (non-hydrogen) atoms. The summed E-state index contributed by atoms with van der Waals surface area (Å²) in [6.45, 7) is 0.355. The van der Waals surface area contributed by atoms with Gasteiger partial charge in [0, 0.05) is 29.1 Å². The SMILES string of the molecule is [N-]=[N+]=NC1CC[C@H](N2CCCC[C@H](NC(=O)c3cccc(C(F)(F)F)c3)C2=O)[C@H](CS(=O)(=O)c2ccccc2)C1. The highest BCUT2D eigenvalue weighted by atomic mass is 32.2. The molecule has 0 radical (unpaired) electrons. The quantitative estimate of drug-likeness (QED) is 0.277. The van der Waals surface area contributed by atoms with Gasteiger partial charge >= 0.3 is 6.18 Å². The molecule has 1 N–H and O–H groups in total. The Labute approximate surface area is 230 Å². The Morgan fingerprint density at radius 1 is 1.07 bits per heavy atom. The van der Waals surface area contributed by atoms with E-state index in [9.17, 15) is 31.2 Å². The number of azide groups is 1. The maximum absolute atomic E-state index is 13.7. The topological polar surface area (TPSA) is 132 Å². The van der Waals surface area contributed by atoms with Crippen LogP contribution >= 0.6 is 0 Å². The van der Waals surface area contributed by atoms with Crippen molar-refractivity contribution >= 4 is 21.7 Å². The molecule has 0 bridgehead atoms. The largest absolute Gasteiger partial charge is 0.416 e. The number of hydrogen-bond acceptors (Lipinski definition) is 5. The smallest absolute Gasteiger partial charge is 0.340 e. The lowest BCUT2D eigenvalue weighted by atomic mass is 9.81. The predicted molar refractivity (Wildman–Crippen MR) is 141 cm³/mol. The average molecular weight is 578 g/mol. The molecule has 0 aromatic heterocycles. The molecule has 2 fully saturated rings. The summed E-state index contributed by atoms with van der Waals surface area (Å²) < 4.78 is 65.9. The van der Waals surface area contributed by atoms with Gasteiger partial charge in [-0.05, 0) is 80.3 Å². The van der Waals surface area contributed by atoms with Crippen LogP contribution < -0.4 is 5.32 Å². The van der Waals surface area contributed by atoms with Crippen molar-refractivity contribution in [2.24, 2.45) is 11.0 Å². The molecule has 1 saturated heterocycles. The number of benzene rings is 2. The van der Waals surface area contributed by atoms with Crippen molar-refractivity contribution in [1.29, 1.82) is 0 Å². The normalized spacial score (nSPS) is 24.1. The minimum atomic E-state index is -4.62. The van der Waals surface area contributed by atoms with Crippen LogP contribution in [-0.4, -0.2) is 55.6 Å². The number of likely N-dealkylation sites (tertiary alicyclic amines) is 1. The van der Waals surface area contributed by atoms with Gasteiger partial charge in [0.1, 0.15) is 6.04 Å². The van der Waals surface area contributed by atoms with Crippen molar-refractivity contribution in [1.82, 2.24) is 10.2 Å². The molecule has 9 nitrogen and oxygen atoms in total. The number of alkyl halides is 3. The van der Waals surface area contributed by atoms with Gasteiger partial charge in [-0.3, -0.25) is 9.59 Å². The second kappa shape index (κ2) is 12.3. The van der Waals surface area contributed by atoms with Crippen LogP contribution in [0.4, 0.5) is 13.2 Å². The second-order valence-corrected chi connectivity index (χ2v) is 12.3. The molecule has 0 spiro atoms. The summed E-state index contributed by atoms with van der Waals surface area (Å²) in [5.74, 6) is -1.95. The number of carbonyl (C=O) groups excluding carboxylic acids is 2. The van der Waals surface area contributed by atoms with Crippen molar-refractivity contribution in [3.8, 4) is 0 Å². The molecule has 2 aromatic rings. The Kier molecular flexibility index (Phi) is 9.05. The van der Waals surface area contributed by atoms with Crippen LogP contribution in [0.5, 0.6) is 0 Å². The molecule has 13 heteroatoms. The first-order chi connectivity index (χ1) is 19.0. The molecule has 1 aliphatic carbocycles. The van der Waals surface area contributed by atoms with Crippen molar-refractivity contribution < 1.29 is 31.2 Å². The molecule has 1 heterocycles. The van der Waals surface area contributed by atoms with Crippen LogP contribution in [0.25, 0.3) is 10.4 Å². The Morgan fingerprint density at radius 2 is 1.82 bits per heavy atom. The van der Waals surface area contributed by atoms with Crippen molar-refractivity contribution in [2.45, 2.75) is 67.7 Å². The van der Waals surface area contributed by atoms with E-state index < -0.39 is 57.4 Å². The van der Waals surface area contributed by atoms with E-state index in [2.05, 4.69) is 15.3 Å². The third kappa shape index (κ3) is 6.95. The van der Waals surface area contributed by atoms with Gasteiger partial charge in [0.2, 0.25) is 5.91 Å². The number of amides is 2. The Hall–Kier alpha value is -3.57. The highest BCUT2D eigenvalue weighted by Gasteiger charge is 2.41. The molecule has 2 amide bonds. The lowest BCUT2D eigenvalue weighted by Crippen LogP contribution is -2.55. The van der Waals surface area contributed by atoms with Gasteiger partial charge in [-0.25, -0.2) is 8.42 Å². The summed E-state index contributed by atoms with van der Waals surface area (Å²) in [6, 6.07) is 10.1. The Balaban J connectivity index is 1.56. The first kappa shape index (κ1) is 29.4. The van der Waals surface area contributed by atoms with Crippen molar-refractivity contribution in [3.63, 3.8) is 0 Å². The molecule has 4 rings (SSSR count). The Bertz CT molecular complexity index is 1380. The van der Waals surface area contributed by atoms with Gasteiger partial charge in [-0.15, -0.1) is 0 Å². The number of carbonyl (C=O) groups is 2. The summed E-state index contributed by atoms with van der Waals surface area (Å²) in [5, 5.41) is 6.42. The fourth-order valence-electron chi connectivity index (χ4n) is 5.60. The zero-order chi connectivity index (χ0) is 28.9. The number of nitrogens with zero attached hydrogens (tertiary/aromatic N) is 4. The first-order valence-electron chi connectivity index (χ1n) is 13.1. The van der Waals surface area contributed by atoms with Gasteiger partial charge in [0.05, 0.1) is 16.2 Å². The fraction of sp³-hybridized carbons (Fsp3) is 0.481. The van der Waals surface area contributed by atoms with Crippen LogP contribution in [-0.2, 0) is 20.8 Å². The van der Waals surface area contributed by atoms with Crippen molar-refractivity contribution in [3.05, 3.63) is 76.2 Å². The highest BCUT2D eigenvalue weighted by Crippen LogP contribution is 2.35. The summed E-state index contributed by atoms with van der Waals surface area (Å²) in [6.07, 6.45) is -1.92. The van der Waals surface area contributed by atoms with Crippen LogP contribution in [0, 0.1) is 5.92 Å². The Morgan fingerprint density at radius 3 is 2.52 bits per heavy atom. The van der Waals surface area contributed by atoms with Crippen molar-refractivity contribution in [2.75, 3.05) is 12.3 Å². The number of rotatable bonds is 7. The molecule has 2 aliphatic rings. The molecule has 1 aliphatic heterocycles. The standard InChI is InChI=1S/C27H30F3N5O4S/c28-27(29,30)20-8-6-7-18(15-20)25(36)32-23-11-4-5-14-35(26(23)37)24-13-12-21(33-34-31)16-19(24)17-40(38,39)22-9-2-1-3-10-22/h1-3,6-10,15,19,21,23-24H,4-5,11-14,16-17H2,(H,32,36)/t19-,21?,23-,24-/m0/s1. The van der Waals surface area contributed by atoms with Gasteiger partial charge < -0.3 is 10.2 Å². The summed E-state index contributed by atoms with van der Waals surface area (Å²) in [7, 11) is -3.72. The van der Waals surface area contributed by atoms with E-state index in [4.69, 9.17) is 5.53 Å². The van der Waals surface area contributed by atoms with E-state index >= 15 is 0 Å². The van der Waals surface area contributed by atoms with Gasteiger partial charge in [-0.2, -0.15) is 13.2 Å².